The van der Waals surface area contributed by atoms with E-state index in [1.165, 1.54) is 39.0 Å². The number of piperazine rings is 1. The number of nitro benzene ring substituents is 1. The van der Waals surface area contributed by atoms with Gasteiger partial charge in [-0.1, -0.05) is 0 Å². The van der Waals surface area contributed by atoms with Gasteiger partial charge in [-0.25, -0.2) is 13.4 Å². The zero-order valence-electron chi connectivity index (χ0n) is 13.6. The summed E-state index contributed by atoms with van der Waals surface area (Å²) in [6.45, 7) is 3.19. The van der Waals surface area contributed by atoms with Crippen molar-refractivity contribution in [3.05, 3.63) is 64.5 Å². The van der Waals surface area contributed by atoms with E-state index in [9.17, 15) is 18.5 Å². The van der Waals surface area contributed by atoms with Crippen molar-refractivity contribution in [2.24, 2.45) is 0 Å². The Kier molecular flexibility index (Phi) is 5.07. The molecular weight excluding hydrogens is 344 g/mol. The van der Waals surface area contributed by atoms with Crippen LogP contribution in [0.4, 0.5) is 5.69 Å². The molecule has 0 amide bonds. The molecule has 0 radical (unpaired) electrons. The number of rotatable bonds is 5. The molecule has 8 nitrogen and oxygen atoms in total. The molecule has 132 valence electrons. The van der Waals surface area contributed by atoms with Crippen molar-refractivity contribution in [3.8, 4) is 0 Å². The van der Waals surface area contributed by atoms with E-state index >= 15 is 0 Å². The second-order valence-corrected chi connectivity index (χ2v) is 7.93. The maximum Gasteiger partial charge on any atom is 0.269 e. The Morgan fingerprint density at radius 1 is 1.08 bits per heavy atom. The predicted molar refractivity (Wildman–Crippen MR) is 89.3 cm³/mol. The summed E-state index contributed by atoms with van der Waals surface area (Å²) in [5.41, 5.74) is 1.09. The van der Waals surface area contributed by atoms with Crippen molar-refractivity contribution in [1.82, 2.24) is 4.31 Å². The highest BCUT2D eigenvalue weighted by Crippen LogP contribution is 2.19. The average molecular weight is 364 g/mol. The topological polar surface area (TPSA) is 99.1 Å². The largest absolute Gasteiger partial charge is 0.329 e. The zero-order chi connectivity index (χ0) is 17.9. The first-order valence-electron chi connectivity index (χ1n) is 8.00. The van der Waals surface area contributed by atoms with Crippen LogP contribution in [0.25, 0.3) is 0 Å². The molecule has 1 aromatic heterocycles. The van der Waals surface area contributed by atoms with Crippen molar-refractivity contribution in [3.63, 3.8) is 0 Å². The Balaban J connectivity index is 1.64. The van der Waals surface area contributed by atoms with Gasteiger partial charge in [0.1, 0.15) is 6.54 Å². The lowest BCUT2D eigenvalue weighted by Crippen LogP contribution is -3.13. The minimum Gasteiger partial charge on any atom is -0.329 e. The molecule has 1 aliphatic heterocycles. The van der Waals surface area contributed by atoms with Gasteiger partial charge in [0.05, 0.1) is 36.0 Å². The third-order valence-electron chi connectivity index (χ3n) is 4.36. The second-order valence-electron chi connectivity index (χ2n) is 5.99. The van der Waals surface area contributed by atoms with Crippen LogP contribution in [-0.4, -0.2) is 43.8 Å². The van der Waals surface area contributed by atoms with Crippen LogP contribution >= 0.6 is 0 Å². The Morgan fingerprint density at radius 3 is 2.24 bits per heavy atom. The van der Waals surface area contributed by atoms with Crippen molar-refractivity contribution in [1.29, 1.82) is 0 Å². The number of sulfonamides is 1. The van der Waals surface area contributed by atoms with Crippen molar-refractivity contribution in [2.75, 3.05) is 26.2 Å². The molecule has 0 spiro atoms. The summed E-state index contributed by atoms with van der Waals surface area (Å²) >= 11 is 0. The van der Waals surface area contributed by atoms with E-state index in [4.69, 9.17) is 0 Å². The molecule has 9 heteroatoms. The molecule has 2 N–H and O–H groups in total. The van der Waals surface area contributed by atoms with Gasteiger partial charge in [0.15, 0.2) is 12.4 Å². The van der Waals surface area contributed by atoms with Gasteiger partial charge in [0, 0.05) is 29.8 Å². The molecule has 3 rings (SSSR count). The Bertz CT molecular complexity index is 832. The number of quaternary nitrogens is 1. The standard InChI is InChI=1S/C16H18N4O4S/c21-20(22)15-1-3-16(4-2-15)25(23,24)19-11-9-18(10-12-19)13-14-5-7-17-8-6-14/h1-8H,9-13H2/p+2. The first kappa shape index (κ1) is 17.5. The third-order valence-corrected chi connectivity index (χ3v) is 6.27. The minimum atomic E-state index is -3.61. The maximum atomic E-state index is 12.7. The van der Waals surface area contributed by atoms with Crippen LogP contribution in [-0.2, 0) is 16.6 Å². The first-order valence-corrected chi connectivity index (χ1v) is 9.44. The lowest BCUT2D eigenvalue weighted by molar-refractivity contribution is -0.917. The molecule has 0 bridgehead atoms. The Morgan fingerprint density at radius 2 is 1.68 bits per heavy atom. The summed E-state index contributed by atoms with van der Waals surface area (Å²) in [6, 6.07) is 9.09. The zero-order valence-corrected chi connectivity index (χ0v) is 14.4. The van der Waals surface area contributed by atoms with Gasteiger partial charge in [-0.2, -0.15) is 4.31 Å². The number of hydrogen-bond acceptors (Lipinski definition) is 4. The summed E-state index contributed by atoms with van der Waals surface area (Å²) in [4.78, 5) is 14.6. The molecule has 25 heavy (non-hydrogen) atoms. The highest BCUT2D eigenvalue weighted by Gasteiger charge is 2.30. The van der Waals surface area contributed by atoms with E-state index in [2.05, 4.69) is 4.98 Å². The number of aromatic amines is 1. The summed E-state index contributed by atoms with van der Waals surface area (Å²) in [6.07, 6.45) is 3.76. The molecule has 1 aromatic carbocycles. The van der Waals surface area contributed by atoms with E-state index in [1.54, 1.807) is 0 Å². The van der Waals surface area contributed by atoms with Gasteiger partial charge in [-0.15, -0.1) is 0 Å². The molecule has 1 fully saturated rings. The van der Waals surface area contributed by atoms with E-state index in [0.717, 1.165) is 19.6 Å². The molecular formula is C16H20N4O4S+2. The summed E-state index contributed by atoms with van der Waals surface area (Å²) in [5, 5.41) is 10.7. The van der Waals surface area contributed by atoms with Crippen LogP contribution in [0.5, 0.6) is 0 Å². The summed E-state index contributed by atoms with van der Waals surface area (Å²) < 4.78 is 26.8. The van der Waals surface area contributed by atoms with Crippen molar-refractivity contribution in [2.45, 2.75) is 11.4 Å². The fourth-order valence-corrected chi connectivity index (χ4v) is 4.38. The summed E-state index contributed by atoms with van der Waals surface area (Å²) in [7, 11) is -3.61. The number of non-ortho nitro benzene ring substituents is 1. The molecule has 0 saturated carbocycles. The van der Waals surface area contributed by atoms with Crippen molar-refractivity contribution >= 4 is 15.7 Å². The SMILES string of the molecule is O=[N+]([O-])c1ccc(S(=O)(=O)N2CC[NH+](Cc3cc[nH+]cc3)CC2)cc1. The van der Waals surface area contributed by atoms with Gasteiger partial charge in [-0.05, 0) is 12.1 Å². The number of nitrogens with one attached hydrogen (secondary N) is 2. The van der Waals surface area contributed by atoms with Gasteiger partial charge in [0.2, 0.25) is 10.0 Å². The van der Waals surface area contributed by atoms with Gasteiger partial charge in [-0.3, -0.25) is 10.1 Å². The first-order chi connectivity index (χ1) is 12.0. The Hall–Kier alpha value is -2.36. The van der Waals surface area contributed by atoms with E-state index in [0.29, 0.717) is 13.1 Å². The second kappa shape index (κ2) is 7.26. The lowest BCUT2D eigenvalue weighted by Gasteiger charge is -2.31. The monoisotopic (exact) mass is 364 g/mol. The number of pyridine rings is 1. The number of aromatic nitrogens is 1. The van der Waals surface area contributed by atoms with E-state index in [-0.39, 0.29) is 10.6 Å². The lowest BCUT2D eigenvalue weighted by atomic mass is 10.2. The van der Waals surface area contributed by atoms with E-state index < -0.39 is 14.9 Å². The average Bonchev–Trinajstić information content (AvgIpc) is 2.63. The maximum absolute atomic E-state index is 12.7. The molecule has 0 aliphatic carbocycles. The quantitative estimate of drug-likeness (QED) is 0.571. The number of nitro groups is 1. The number of nitrogens with zero attached hydrogens (tertiary/aromatic N) is 2. The van der Waals surface area contributed by atoms with Crippen molar-refractivity contribution < 1.29 is 23.2 Å². The number of hydrogen-bond donors (Lipinski definition) is 1. The predicted octanol–water partition coefficient (Wildman–Crippen LogP) is -0.502. The van der Waals surface area contributed by atoms with Gasteiger partial charge in [0.25, 0.3) is 5.69 Å². The molecule has 1 aliphatic rings. The molecule has 0 atom stereocenters. The third kappa shape index (κ3) is 4.01. The van der Waals surface area contributed by atoms with Gasteiger partial charge < -0.3 is 4.90 Å². The Labute approximate surface area is 145 Å². The van der Waals surface area contributed by atoms with Crippen LogP contribution in [0.1, 0.15) is 5.56 Å². The van der Waals surface area contributed by atoms with E-state index in [1.807, 2.05) is 24.5 Å². The fraction of sp³-hybridized carbons (Fsp3) is 0.312. The molecule has 2 heterocycles. The van der Waals surface area contributed by atoms with Crippen LogP contribution in [0.2, 0.25) is 0 Å². The number of benzene rings is 1. The van der Waals surface area contributed by atoms with Crippen LogP contribution < -0.4 is 9.88 Å². The van der Waals surface area contributed by atoms with Gasteiger partial charge >= 0.3 is 0 Å². The fourth-order valence-electron chi connectivity index (χ4n) is 2.94. The molecule has 2 aromatic rings. The molecule has 0 unspecified atom stereocenters. The summed E-state index contributed by atoms with van der Waals surface area (Å²) in [5.74, 6) is 0. The molecule has 1 saturated heterocycles. The van der Waals surface area contributed by atoms with Crippen LogP contribution in [0.3, 0.4) is 0 Å². The normalized spacial score (nSPS) is 16.6. The minimum absolute atomic E-state index is 0.0974. The highest BCUT2D eigenvalue weighted by atomic mass is 32.2. The number of H-pyrrole nitrogens is 1. The smallest absolute Gasteiger partial charge is 0.269 e. The highest BCUT2D eigenvalue weighted by molar-refractivity contribution is 7.89. The van der Waals surface area contributed by atoms with Crippen LogP contribution in [0, 0.1) is 10.1 Å². The van der Waals surface area contributed by atoms with Crippen LogP contribution in [0.15, 0.2) is 53.7 Å².